The molecule has 0 saturated carbocycles. The highest BCUT2D eigenvalue weighted by Gasteiger charge is 2.12. The van der Waals surface area contributed by atoms with Crippen molar-refractivity contribution < 1.29 is 9.47 Å². The second-order valence-corrected chi connectivity index (χ2v) is 6.78. The fourth-order valence-corrected chi connectivity index (χ4v) is 3.51. The quantitative estimate of drug-likeness (QED) is 0.714. The molecule has 1 aromatic carbocycles. The Bertz CT molecular complexity index is 939. The Morgan fingerprint density at radius 2 is 1.63 bits per heavy atom. The standard InChI is InChI=1S/C21H24N4O2/c1-26-18-10-16-12-21(23-13-17(16)11-19(18)27-2)24-20-9-15(5-6-22-20)14-25-7-3-4-8-25/h5-6,9-13H,3-4,7-8,14H2,1-2H3,(H,22,23,24). The van der Waals surface area contributed by atoms with Crippen LogP contribution in [0, 0.1) is 0 Å². The van der Waals surface area contributed by atoms with Crippen LogP contribution in [0.4, 0.5) is 11.6 Å². The van der Waals surface area contributed by atoms with E-state index in [9.17, 15) is 0 Å². The Hall–Kier alpha value is -2.86. The average Bonchev–Trinajstić information content (AvgIpc) is 3.20. The molecule has 3 aromatic rings. The number of nitrogens with zero attached hydrogens (tertiary/aromatic N) is 3. The van der Waals surface area contributed by atoms with Gasteiger partial charge in [-0.1, -0.05) is 0 Å². The lowest BCUT2D eigenvalue weighted by atomic mass is 10.1. The second kappa shape index (κ2) is 7.80. The zero-order chi connectivity index (χ0) is 18.6. The zero-order valence-electron chi connectivity index (χ0n) is 15.7. The highest BCUT2D eigenvalue weighted by atomic mass is 16.5. The molecule has 140 valence electrons. The molecule has 6 heteroatoms. The van der Waals surface area contributed by atoms with Gasteiger partial charge in [0.25, 0.3) is 0 Å². The van der Waals surface area contributed by atoms with Gasteiger partial charge in [0.05, 0.1) is 14.2 Å². The summed E-state index contributed by atoms with van der Waals surface area (Å²) >= 11 is 0. The fraction of sp³-hybridized carbons (Fsp3) is 0.333. The average molecular weight is 364 g/mol. The number of methoxy groups -OCH3 is 2. The predicted octanol–water partition coefficient (Wildman–Crippen LogP) is 3.99. The maximum atomic E-state index is 5.40. The SMILES string of the molecule is COc1cc2cnc(Nc3cc(CN4CCCC4)ccn3)cc2cc1OC. The third kappa shape index (κ3) is 3.95. The monoisotopic (exact) mass is 364 g/mol. The van der Waals surface area contributed by atoms with Gasteiger partial charge in [-0.05, 0) is 67.2 Å². The lowest BCUT2D eigenvalue weighted by Gasteiger charge is -2.15. The van der Waals surface area contributed by atoms with Gasteiger partial charge in [0, 0.05) is 24.3 Å². The van der Waals surface area contributed by atoms with Gasteiger partial charge in [0.2, 0.25) is 0 Å². The summed E-state index contributed by atoms with van der Waals surface area (Å²) in [7, 11) is 3.27. The summed E-state index contributed by atoms with van der Waals surface area (Å²) in [6.07, 6.45) is 6.27. The third-order valence-electron chi connectivity index (χ3n) is 4.91. The van der Waals surface area contributed by atoms with Crippen molar-refractivity contribution in [1.29, 1.82) is 0 Å². The molecule has 0 amide bonds. The molecule has 0 spiro atoms. The van der Waals surface area contributed by atoms with Crippen LogP contribution in [-0.4, -0.2) is 42.2 Å². The highest BCUT2D eigenvalue weighted by Crippen LogP contribution is 2.32. The summed E-state index contributed by atoms with van der Waals surface area (Å²) in [6, 6.07) is 10.1. The van der Waals surface area contributed by atoms with Crippen LogP contribution in [0.2, 0.25) is 0 Å². The van der Waals surface area contributed by atoms with E-state index >= 15 is 0 Å². The Balaban J connectivity index is 1.55. The molecule has 1 saturated heterocycles. The molecule has 1 aliphatic rings. The normalized spacial score (nSPS) is 14.4. The van der Waals surface area contributed by atoms with E-state index in [0.29, 0.717) is 11.5 Å². The van der Waals surface area contributed by atoms with Crippen LogP contribution in [0.15, 0.2) is 42.7 Å². The first-order chi connectivity index (χ1) is 13.2. The molecular weight excluding hydrogens is 340 g/mol. The van der Waals surface area contributed by atoms with E-state index in [1.165, 1.54) is 31.5 Å². The van der Waals surface area contributed by atoms with E-state index < -0.39 is 0 Å². The van der Waals surface area contributed by atoms with Gasteiger partial charge >= 0.3 is 0 Å². The minimum atomic E-state index is 0.698. The van der Waals surface area contributed by atoms with E-state index in [-0.39, 0.29) is 0 Å². The molecule has 0 aliphatic carbocycles. The predicted molar refractivity (Wildman–Crippen MR) is 107 cm³/mol. The topological polar surface area (TPSA) is 59.5 Å². The summed E-state index contributed by atoms with van der Waals surface area (Å²) in [4.78, 5) is 11.4. The van der Waals surface area contributed by atoms with Gasteiger partial charge in [0.15, 0.2) is 11.5 Å². The Kier molecular flexibility index (Phi) is 5.07. The summed E-state index contributed by atoms with van der Waals surface area (Å²) in [5, 5.41) is 5.34. The summed E-state index contributed by atoms with van der Waals surface area (Å²) in [5.41, 5.74) is 1.27. The van der Waals surface area contributed by atoms with Crippen LogP contribution in [0.3, 0.4) is 0 Å². The number of benzene rings is 1. The number of likely N-dealkylation sites (tertiary alicyclic amines) is 1. The molecule has 1 N–H and O–H groups in total. The molecule has 0 atom stereocenters. The molecule has 3 heterocycles. The van der Waals surface area contributed by atoms with Crippen molar-refractivity contribution in [3.63, 3.8) is 0 Å². The van der Waals surface area contributed by atoms with Crippen molar-refractivity contribution in [1.82, 2.24) is 14.9 Å². The Morgan fingerprint density at radius 3 is 2.37 bits per heavy atom. The zero-order valence-corrected chi connectivity index (χ0v) is 15.7. The first kappa shape index (κ1) is 17.5. The van der Waals surface area contributed by atoms with Crippen LogP contribution in [0.1, 0.15) is 18.4 Å². The minimum absolute atomic E-state index is 0.698. The summed E-state index contributed by atoms with van der Waals surface area (Å²) < 4.78 is 10.8. The smallest absolute Gasteiger partial charge is 0.161 e. The molecule has 6 nitrogen and oxygen atoms in total. The molecule has 0 unspecified atom stereocenters. The van der Waals surface area contributed by atoms with Crippen LogP contribution in [0.25, 0.3) is 10.8 Å². The molecule has 0 radical (unpaired) electrons. The number of pyridine rings is 2. The van der Waals surface area contributed by atoms with Gasteiger partial charge in [-0.25, -0.2) is 9.97 Å². The maximum Gasteiger partial charge on any atom is 0.161 e. The van der Waals surface area contributed by atoms with Crippen molar-refractivity contribution in [2.45, 2.75) is 19.4 Å². The Morgan fingerprint density at radius 1 is 0.926 bits per heavy atom. The molecule has 2 aromatic heterocycles. The summed E-state index contributed by atoms with van der Waals surface area (Å²) in [5.74, 6) is 2.95. The highest BCUT2D eigenvalue weighted by molar-refractivity contribution is 5.87. The van der Waals surface area contributed by atoms with Crippen molar-refractivity contribution in [2.75, 3.05) is 32.6 Å². The third-order valence-corrected chi connectivity index (χ3v) is 4.91. The van der Waals surface area contributed by atoms with E-state index in [0.717, 1.165) is 29.0 Å². The summed E-state index contributed by atoms with van der Waals surface area (Å²) in [6.45, 7) is 3.34. The van der Waals surface area contributed by atoms with Gasteiger partial charge in [0.1, 0.15) is 11.6 Å². The van der Waals surface area contributed by atoms with Crippen molar-refractivity contribution in [2.24, 2.45) is 0 Å². The van der Waals surface area contributed by atoms with Gasteiger partial charge in [-0.2, -0.15) is 0 Å². The lowest BCUT2D eigenvalue weighted by Crippen LogP contribution is -2.18. The van der Waals surface area contributed by atoms with E-state index in [4.69, 9.17) is 9.47 Å². The first-order valence-corrected chi connectivity index (χ1v) is 9.21. The fourth-order valence-electron chi connectivity index (χ4n) is 3.51. The maximum absolute atomic E-state index is 5.40. The van der Waals surface area contributed by atoms with E-state index in [1.54, 1.807) is 14.2 Å². The molecular formula is C21H24N4O2. The molecule has 1 fully saturated rings. The number of anilines is 2. The first-order valence-electron chi connectivity index (χ1n) is 9.21. The molecule has 0 bridgehead atoms. The van der Waals surface area contributed by atoms with Crippen LogP contribution < -0.4 is 14.8 Å². The van der Waals surface area contributed by atoms with Crippen molar-refractivity contribution in [3.05, 3.63) is 48.3 Å². The Labute approximate surface area is 159 Å². The lowest BCUT2D eigenvalue weighted by molar-refractivity contribution is 0.331. The van der Waals surface area contributed by atoms with Crippen molar-refractivity contribution >= 4 is 22.4 Å². The molecule has 27 heavy (non-hydrogen) atoms. The number of hydrogen-bond acceptors (Lipinski definition) is 6. The number of ether oxygens (including phenoxy) is 2. The largest absolute Gasteiger partial charge is 0.493 e. The number of fused-ring (bicyclic) bond motifs is 1. The second-order valence-electron chi connectivity index (χ2n) is 6.78. The minimum Gasteiger partial charge on any atom is -0.493 e. The van der Waals surface area contributed by atoms with Gasteiger partial charge in [-0.15, -0.1) is 0 Å². The van der Waals surface area contributed by atoms with E-state index in [1.807, 2.05) is 30.6 Å². The number of hydrogen-bond donors (Lipinski definition) is 1. The van der Waals surface area contributed by atoms with Gasteiger partial charge < -0.3 is 14.8 Å². The van der Waals surface area contributed by atoms with E-state index in [2.05, 4.69) is 32.3 Å². The van der Waals surface area contributed by atoms with Crippen LogP contribution >= 0.6 is 0 Å². The van der Waals surface area contributed by atoms with Gasteiger partial charge in [-0.3, -0.25) is 4.90 Å². The number of rotatable bonds is 6. The van der Waals surface area contributed by atoms with Crippen LogP contribution in [-0.2, 0) is 6.54 Å². The van der Waals surface area contributed by atoms with Crippen molar-refractivity contribution in [3.8, 4) is 11.5 Å². The molecule has 1 aliphatic heterocycles. The molecule has 4 rings (SSSR count). The van der Waals surface area contributed by atoms with Crippen LogP contribution in [0.5, 0.6) is 11.5 Å². The number of nitrogens with one attached hydrogen (secondary N) is 1. The number of aromatic nitrogens is 2.